The van der Waals surface area contributed by atoms with E-state index in [1.807, 2.05) is 18.2 Å². The Morgan fingerprint density at radius 3 is 2.89 bits per heavy atom. The van der Waals surface area contributed by atoms with Crippen molar-refractivity contribution in [2.24, 2.45) is 0 Å². The van der Waals surface area contributed by atoms with Crippen molar-refractivity contribution in [1.82, 2.24) is 10.3 Å². The molecule has 2 aromatic rings. The van der Waals surface area contributed by atoms with Gasteiger partial charge in [-0.2, -0.15) is 0 Å². The van der Waals surface area contributed by atoms with Crippen LogP contribution in [0.2, 0.25) is 5.02 Å². The third kappa shape index (κ3) is 3.54. The molecule has 0 spiro atoms. The summed E-state index contributed by atoms with van der Waals surface area (Å²) in [6.07, 6.45) is 0. The van der Waals surface area contributed by atoms with Crippen LogP contribution in [0.3, 0.4) is 0 Å². The standard InChI is InChI=1S/C13H14BrClN2S/c1-8(2)16-6-10-7-18-13(17-10)9-3-4-11(14)12(15)5-9/h3-5,7-8,16H,6H2,1-2H3. The number of thiazole rings is 1. The summed E-state index contributed by atoms with van der Waals surface area (Å²) in [5, 5.41) is 7.16. The minimum Gasteiger partial charge on any atom is -0.309 e. The summed E-state index contributed by atoms with van der Waals surface area (Å²) in [4.78, 5) is 4.61. The summed E-state index contributed by atoms with van der Waals surface area (Å²) >= 11 is 11.1. The van der Waals surface area contributed by atoms with Crippen LogP contribution in [0.15, 0.2) is 28.1 Å². The predicted octanol–water partition coefficient (Wildman–Crippen LogP) is 4.72. The van der Waals surface area contributed by atoms with E-state index in [-0.39, 0.29) is 0 Å². The normalized spacial score (nSPS) is 11.2. The molecule has 0 fully saturated rings. The van der Waals surface area contributed by atoms with Crippen LogP contribution in [0, 0.1) is 0 Å². The van der Waals surface area contributed by atoms with Crippen molar-refractivity contribution in [3.05, 3.63) is 38.8 Å². The van der Waals surface area contributed by atoms with Crippen LogP contribution in [0.4, 0.5) is 0 Å². The van der Waals surface area contributed by atoms with E-state index in [9.17, 15) is 0 Å². The molecule has 5 heteroatoms. The molecule has 0 amide bonds. The molecule has 2 rings (SSSR count). The van der Waals surface area contributed by atoms with Gasteiger partial charge in [0.15, 0.2) is 0 Å². The first kappa shape index (κ1) is 14.0. The number of hydrogen-bond acceptors (Lipinski definition) is 3. The topological polar surface area (TPSA) is 24.9 Å². The number of rotatable bonds is 4. The van der Waals surface area contributed by atoms with Crippen LogP contribution >= 0.6 is 38.9 Å². The zero-order valence-corrected chi connectivity index (χ0v) is 13.4. The molecular formula is C13H14BrClN2S. The molecule has 0 aliphatic carbocycles. The highest BCUT2D eigenvalue weighted by Crippen LogP contribution is 2.30. The molecule has 1 aromatic carbocycles. The third-order valence-electron chi connectivity index (χ3n) is 2.41. The van der Waals surface area contributed by atoms with E-state index in [4.69, 9.17) is 11.6 Å². The molecule has 96 valence electrons. The van der Waals surface area contributed by atoms with E-state index in [1.54, 1.807) is 11.3 Å². The lowest BCUT2D eigenvalue weighted by Crippen LogP contribution is -2.21. The smallest absolute Gasteiger partial charge is 0.123 e. The minimum absolute atomic E-state index is 0.470. The second-order valence-corrected chi connectivity index (χ2v) is 6.43. The summed E-state index contributed by atoms with van der Waals surface area (Å²) in [5.74, 6) is 0. The predicted molar refractivity (Wildman–Crippen MR) is 82.2 cm³/mol. The molecular weight excluding hydrogens is 332 g/mol. The molecule has 0 radical (unpaired) electrons. The second-order valence-electron chi connectivity index (χ2n) is 4.31. The van der Waals surface area contributed by atoms with Gasteiger partial charge in [-0.15, -0.1) is 11.3 Å². The van der Waals surface area contributed by atoms with Gasteiger partial charge in [0.2, 0.25) is 0 Å². The highest BCUT2D eigenvalue weighted by atomic mass is 79.9. The van der Waals surface area contributed by atoms with Crippen molar-refractivity contribution in [1.29, 1.82) is 0 Å². The fraction of sp³-hybridized carbons (Fsp3) is 0.308. The van der Waals surface area contributed by atoms with Crippen molar-refractivity contribution in [2.45, 2.75) is 26.4 Å². The van der Waals surface area contributed by atoms with E-state index >= 15 is 0 Å². The van der Waals surface area contributed by atoms with E-state index in [2.05, 4.69) is 45.5 Å². The molecule has 1 heterocycles. The quantitative estimate of drug-likeness (QED) is 0.867. The van der Waals surface area contributed by atoms with Gasteiger partial charge in [0.25, 0.3) is 0 Å². The summed E-state index contributed by atoms with van der Waals surface area (Å²) < 4.78 is 0.908. The number of nitrogens with zero attached hydrogens (tertiary/aromatic N) is 1. The zero-order chi connectivity index (χ0) is 13.1. The lowest BCUT2D eigenvalue weighted by atomic mass is 10.2. The average molecular weight is 346 g/mol. The SMILES string of the molecule is CC(C)NCc1csc(-c2ccc(Br)c(Cl)c2)n1. The average Bonchev–Trinajstić information content (AvgIpc) is 2.79. The van der Waals surface area contributed by atoms with Crippen molar-refractivity contribution in [3.63, 3.8) is 0 Å². The highest BCUT2D eigenvalue weighted by molar-refractivity contribution is 9.10. The maximum Gasteiger partial charge on any atom is 0.123 e. The Kier molecular flexibility index (Phi) is 4.78. The Balaban J connectivity index is 2.16. The lowest BCUT2D eigenvalue weighted by Gasteiger charge is -2.04. The van der Waals surface area contributed by atoms with Crippen LogP contribution in [0.25, 0.3) is 10.6 Å². The molecule has 0 aliphatic heterocycles. The molecule has 0 aliphatic rings. The molecule has 0 saturated heterocycles. The molecule has 0 bridgehead atoms. The minimum atomic E-state index is 0.470. The Morgan fingerprint density at radius 1 is 1.44 bits per heavy atom. The lowest BCUT2D eigenvalue weighted by molar-refractivity contribution is 0.583. The first-order valence-corrected chi connectivity index (χ1v) is 7.74. The van der Waals surface area contributed by atoms with Gasteiger partial charge in [0.05, 0.1) is 10.7 Å². The Bertz CT molecular complexity index is 540. The molecule has 0 saturated carbocycles. The Hall–Kier alpha value is -0.420. The number of halogens is 2. The van der Waals surface area contributed by atoms with E-state index in [0.29, 0.717) is 11.1 Å². The number of nitrogens with one attached hydrogen (secondary N) is 1. The van der Waals surface area contributed by atoms with Gasteiger partial charge in [-0.1, -0.05) is 31.5 Å². The molecule has 18 heavy (non-hydrogen) atoms. The van der Waals surface area contributed by atoms with Crippen LogP contribution in [0.1, 0.15) is 19.5 Å². The summed E-state index contributed by atoms with van der Waals surface area (Å²) in [6, 6.07) is 6.38. The zero-order valence-electron chi connectivity index (χ0n) is 10.2. The third-order valence-corrected chi connectivity index (χ3v) is 4.58. The largest absolute Gasteiger partial charge is 0.309 e. The van der Waals surface area contributed by atoms with Crippen LogP contribution in [-0.2, 0) is 6.54 Å². The Labute approximate surface area is 125 Å². The summed E-state index contributed by atoms with van der Waals surface area (Å²) in [5.41, 5.74) is 2.13. The molecule has 1 N–H and O–H groups in total. The maximum atomic E-state index is 6.09. The van der Waals surface area contributed by atoms with Gasteiger partial charge in [0, 0.05) is 28.0 Å². The van der Waals surface area contributed by atoms with Crippen molar-refractivity contribution in [2.75, 3.05) is 0 Å². The first-order valence-electron chi connectivity index (χ1n) is 5.69. The summed E-state index contributed by atoms with van der Waals surface area (Å²) in [6.45, 7) is 5.06. The second kappa shape index (κ2) is 6.15. The van der Waals surface area contributed by atoms with Gasteiger partial charge in [0.1, 0.15) is 5.01 Å². The van der Waals surface area contributed by atoms with E-state index in [1.165, 1.54) is 0 Å². The van der Waals surface area contributed by atoms with Gasteiger partial charge >= 0.3 is 0 Å². The molecule has 1 aromatic heterocycles. The van der Waals surface area contributed by atoms with Gasteiger partial charge in [-0.25, -0.2) is 4.98 Å². The van der Waals surface area contributed by atoms with Crippen LogP contribution < -0.4 is 5.32 Å². The van der Waals surface area contributed by atoms with E-state index in [0.717, 1.165) is 27.3 Å². The molecule has 0 atom stereocenters. The van der Waals surface area contributed by atoms with Crippen molar-refractivity contribution in [3.8, 4) is 10.6 Å². The van der Waals surface area contributed by atoms with E-state index < -0.39 is 0 Å². The Morgan fingerprint density at radius 2 is 2.22 bits per heavy atom. The monoisotopic (exact) mass is 344 g/mol. The van der Waals surface area contributed by atoms with Crippen molar-refractivity contribution < 1.29 is 0 Å². The number of aromatic nitrogens is 1. The van der Waals surface area contributed by atoms with Gasteiger partial charge < -0.3 is 5.32 Å². The number of benzene rings is 1. The van der Waals surface area contributed by atoms with Crippen LogP contribution in [0.5, 0.6) is 0 Å². The van der Waals surface area contributed by atoms with Gasteiger partial charge in [-0.05, 0) is 28.1 Å². The highest BCUT2D eigenvalue weighted by Gasteiger charge is 2.07. The number of hydrogen-bond donors (Lipinski definition) is 1. The molecule has 0 unspecified atom stereocenters. The fourth-order valence-corrected chi connectivity index (χ4v) is 2.70. The first-order chi connectivity index (χ1) is 8.56. The summed E-state index contributed by atoms with van der Waals surface area (Å²) in [7, 11) is 0. The van der Waals surface area contributed by atoms with Crippen molar-refractivity contribution >= 4 is 38.9 Å². The molecule has 2 nitrogen and oxygen atoms in total. The maximum absolute atomic E-state index is 6.09. The van der Waals surface area contributed by atoms with Gasteiger partial charge in [-0.3, -0.25) is 0 Å². The van der Waals surface area contributed by atoms with Crippen LogP contribution in [-0.4, -0.2) is 11.0 Å². The fourth-order valence-electron chi connectivity index (χ4n) is 1.46.